The lowest BCUT2D eigenvalue weighted by Crippen LogP contribution is -2.22. The number of amides is 1. The summed E-state index contributed by atoms with van der Waals surface area (Å²) in [6.45, 7) is 3.16. The van der Waals surface area contributed by atoms with Crippen molar-refractivity contribution in [2.45, 2.75) is 26.3 Å². The standard InChI is InChI=1S/C21H24N2O2/c1-3-25-19-8-4-17(5-9-19)15-22-21(24)11-7-16-6-10-20-18(14-16)12-13-23(20)2/h4-6,8-10,12-14H,3,7,11,15H2,1-2H3,(H,22,24). The summed E-state index contributed by atoms with van der Waals surface area (Å²) in [5, 5.41) is 4.20. The minimum absolute atomic E-state index is 0.0713. The molecule has 0 saturated heterocycles. The van der Waals surface area contributed by atoms with Crippen LogP contribution in [0.3, 0.4) is 0 Å². The monoisotopic (exact) mass is 336 g/mol. The van der Waals surface area contributed by atoms with Crippen LogP contribution in [0.15, 0.2) is 54.7 Å². The van der Waals surface area contributed by atoms with Gasteiger partial charge in [0.2, 0.25) is 5.91 Å². The molecule has 0 bridgehead atoms. The number of aryl methyl sites for hydroxylation is 2. The lowest BCUT2D eigenvalue weighted by atomic mass is 10.1. The summed E-state index contributed by atoms with van der Waals surface area (Å²) < 4.78 is 7.52. The summed E-state index contributed by atoms with van der Waals surface area (Å²) in [5.41, 5.74) is 3.47. The molecule has 4 heteroatoms. The maximum absolute atomic E-state index is 12.1. The molecule has 0 radical (unpaired) electrons. The first kappa shape index (κ1) is 17.1. The van der Waals surface area contributed by atoms with E-state index in [9.17, 15) is 4.79 Å². The van der Waals surface area contributed by atoms with Crippen molar-refractivity contribution in [2.75, 3.05) is 6.61 Å². The van der Waals surface area contributed by atoms with Gasteiger partial charge in [-0.1, -0.05) is 18.2 Å². The number of carbonyl (C=O) groups is 1. The highest BCUT2D eigenvalue weighted by Crippen LogP contribution is 2.17. The molecular formula is C21H24N2O2. The van der Waals surface area contributed by atoms with Crippen LogP contribution in [-0.4, -0.2) is 17.1 Å². The first-order valence-corrected chi connectivity index (χ1v) is 8.68. The van der Waals surface area contributed by atoms with E-state index in [4.69, 9.17) is 4.74 Å². The van der Waals surface area contributed by atoms with E-state index >= 15 is 0 Å². The molecule has 1 aromatic heterocycles. The Hall–Kier alpha value is -2.75. The molecule has 1 amide bonds. The molecular weight excluding hydrogens is 312 g/mol. The summed E-state index contributed by atoms with van der Waals surface area (Å²) >= 11 is 0. The van der Waals surface area contributed by atoms with E-state index in [0.717, 1.165) is 17.7 Å². The Morgan fingerprint density at radius 2 is 1.84 bits per heavy atom. The smallest absolute Gasteiger partial charge is 0.220 e. The van der Waals surface area contributed by atoms with Crippen LogP contribution in [0.4, 0.5) is 0 Å². The fraction of sp³-hybridized carbons (Fsp3) is 0.286. The van der Waals surface area contributed by atoms with Gasteiger partial charge in [0.25, 0.3) is 0 Å². The first-order chi connectivity index (χ1) is 12.2. The van der Waals surface area contributed by atoms with Crippen molar-refractivity contribution < 1.29 is 9.53 Å². The Morgan fingerprint density at radius 1 is 1.08 bits per heavy atom. The van der Waals surface area contributed by atoms with Crippen LogP contribution < -0.4 is 10.1 Å². The quantitative estimate of drug-likeness (QED) is 0.713. The van der Waals surface area contributed by atoms with Crippen molar-refractivity contribution >= 4 is 16.8 Å². The number of aromatic nitrogens is 1. The van der Waals surface area contributed by atoms with Gasteiger partial charge in [-0.15, -0.1) is 0 Å². The van der Waals surface area contributed by atoms with Crippen LogP contribution in [0.2, 0.25) is 0 Å². The summed E-state index contributed by atoms with van der Waals surface area (Å²) in [6, 6.07) is 16.3. The molecule has 0 aliphatic heterocycles. The van der Waals surface area contributed by atoms with E-state index in [-0.39, 0.29) is 5.91 Å². The van der Waals surface area contributed by atoms with Crippen molar-refractivity contribution in [2.24, 2.45) is 7.05 Å². The largest absolute Gasteiger partial charge is 0.494 e. The highest BCUT2D eigenvalue weighted by molar-refractivity contribution is 5.81. The van der Waals surface area contributed by atoms with Gasteiger partial charge in [-0.2, -0.15) is 0 Å². The number of nitrogens with one attached hydrogen (secondary N) is 1. The fourth-order valence-corrected chi connectivity index (χ4v) is 2.90. The van der Waals surface area contributed by atoms with Crippen LogP contribution in [0.5, 0.6) is 5.75 Å². The van der Waals surface area contributed by atoms with Crippen LogP contribution in [0.25, 0.3) is 10.9 Å². The maximum Gasteiger partial charge on any atom is 0.220 e. The van der Waals surface area contributed by atoms with Crippen molar-refractivity contribution in [1.29, 1.82) is 0 Å². The zero-order chi connectivity index (χ0) is 17.6. The normalized spacial score (nSPS) is 10.8. The summed E-state index contributed by atoms with van der Waals surface area (Å²) in [4.78, 5) is 12.1. The van der Waals surface area contributed by atoms with Crippen molar-refractivity contribution in [3.05, 3.63) is 65.9 Å². The van der Waals surface area contributed by atoms with Crippen LogP contribution >= 0.6 is 0 Å². The third-order valence-corrected chi connectivity index (χ3v) is 4.31. The summed E-state index contributed by atoms with van der Waals surface area (Å²) in [5.74, 6) is 0.927. The Labute approximate surface area is 148 Å². The van der Waals surface area contributed by atoms with Gasteiger partial charge in [0.05, 0.1) is 6.61 Å². The van der Waals surface area contributed by atoms with Gasteiger partial charge in [0.15, 0.2) is 0 Å². The molecule has 3 aromatic rings. The van der Waals surface area contributed by atoms with Crippen LogP contribution in [0, 0.1) is 0 Å². The predicted octanol–water partition coefficient (Wildman–Crippen LogP) is 3.83. The van der Waals surface area contributed by atoms with Gasteiger partial charge >= 0.3 is 0 Å². The molecule has 4 nitrogen and oxygen atoms in total. The molecule has 0 atom stereocenters. The second kappa shape index (κ2) is 7.88. The number of benzene rings is 2. The van der Waals surface area contributed by atoms with Crippen LogP contribution in [-0.2, 0) is 24.8 Å². The van der Waals surface area contributed by atoms with Gasteiger partial charge < -0.3 is 14.6 Å². The molecule has 1 heterocycles. The number of rotatable bonds is 7. The van der Waals surface area contributed by atoms with E-state index in [1.165, 1.54) is 16.5 Å². The SMILES string of the molecule is CCOc1ccc(CNC(=O)CCc2ccc3c(ccn3C)c2)cc1. The zero-order valence-corrected chi connectivity index (χ0v) is 14.8. The predicted molar refractivity (Wildman–Crippen MR) is 101 cm³/mol. The molecule has 130 valence electrons. The molecule has 2 aromatic carbocycles. The van der Waals surface area contributed by atoms with Gasteiger partial charge in [0, 0.05) is 31.7 Å². The lowest BCUT2D eigenvalue weighted by Gasteiger charge is -2.07. The highest BCUT2D eigenvalue weighted by Gasteiger charge is 2.05. The van der Waals surface area contributed by atoms with E-state index in [1.807, 2.05) is 38.2 Å². The van der Waals surface area contributed by atoms with Crippen molar-refractivity contribution in [1.82, 2.24) is 9.88 Å². The van der Waals surface area contributed by atoms with Crippen molar-refractivity contribution in [3.8, 4) is 5.75 Å². The van der Waals surface area contributed by atoms with Gasteiger partial charge in [0.1, 0.15) is 5.75 Å². The lowest BCUT2D eigenvalue weighted by molar-refractivity contribution is -0.121. The topological polar surface area (TPSA) is 43.3 Å². The molecule has 0 fully saturated rings. The summed E-state index contributed by atoms with van der Waals surface area (Å²) in [6.07, 6.45) is 3.30. The number of nitrogens with zero attached hydrogens (tertiary/aromatic N) is 1. The van der Waals surface area contributed by atoms with Gasteiger partial charge in [-0.3, -0.25) is 4.79 Å². The fourth-order valence-electron chi connectivity index (χ4n) is 2.90. The maximum atomic E-state index is 12.1. The van der Waals surface area contributed by atoms with Gasteiger partial charge in [-0.25, -0.2) is 0 Å². The van der Waals surface area contributed by atoms with Gasteiger partial charge in [-0.05, 0) is 60.2 Å². The third-order valence-electron chi connectivity index (χ3n) is 4.31. The molecule has 0 spiro atoms. The minimum atomic E-state index is 0.0713. The minimum Gasteiger partial charge on any atom is -0.494 e. The number of hydrogen-bond donors (Lipinski definition) is 1. The zero-order valence-electron chi connectivity index (χ0n) is 14.8. The Bertz CT molecular complexity index is 850. The van der Waals surface area contributed by atoms with Crippen molar-refractivity contribution in [3.63, 3.8) is 0 Å². The molecule has 0 aliphatic carbocycles. The molecule has 0 aliphatic rings. The number of ether oxygens (including phenoxy) is 1. The molecule has 1 N–H and O–H groups in total. The highest BCUT2D eigenvalue weighted by atomic mass is 16.5. The van der Waals surface area contributed by atoms with E-state index < -0.39 is 0 Å². The average Bonchev–Trinajstić information content (AvgIpc) is 3.00. The molecule has 0 saturated carbocycles. The van der Waals surface area contributed by atoms with E-state index in [0.29, 0.717) is 19.6 Å². The second-order valence-corrected chi connectivity index (χ2v) is 6.17. The summed E-state index contributed by atoms with van der Waals surface area (Å²) in [7, 11) is 2.04. The molecule has 25 heavy (non-hydrogen) atoms. The van der Waals surface area contributed by atoms with E-state index in [2.05, 4.69) is 40.3 Å². The third kappa shape index (κ3) is 4.41. The number of hydrogen-bond acceptors (Lipinski definition) is 2. The molecule has 3 rings (SSSR count). The Kier molecular flexibility index (Phi) is 5.39. The second-order valence-electron chi connectivity index (χ2n) is 6.17. The first-order valence-electron chi connectivity index (χ1n) is 8.68. The molecule has 0 unspecified atom stereocenters. The Morgan fingerprint density at radius 3 is 2.60 bits per heavy atom. The average molecular weight is 336 g/mol. The Balaban J connectivity index is 1.48. The van der Waals surface area contributed by atoms with E-state index in [1.54, 1.807) is 0 Å². The number of carbonyl (C=O) groups excluding carboxylic acids is 1. The number of fused-ring (bicyclic) bond motifs is 1. The van der Waals surface area contributed by atoms with Crippen LogP contribution in [0.1, 0.15) is 24.5 Å².